The van der Waals surface area contributed by atoms with E-state index in [2.05, 4.69) is 34.1 Å². The zero-order chi connectivity index (χ0) is 18.5. The van der Waals surface area contributed by atoms with Gasteiger partial charge in [-0.15, -0.1) is 0 Å². The lowest BCUT2D eigenvalue weighted by Crippen LogP contribution is -2.23. The van der Waals surface area contributed by atoms with E-state index in [1.165, 1.54) is 24.0 Å². The van der Waals surface area contributed by atoms with E-state index >= 15 is 0 Å². The zero-order valence-electron chi connectivity index (χ0n) is 16.0. The topological polar surface area (TPSA) is 48.8 Å². The van der Waals surface area contributed by atoms with Crippen LogP contribution in [0, 0.1) is 0 Å². The number of aromatic nitrogens is 1. The summed E-state index contributed by atoms with van der Waals surface area (Å²) < 4.78 is 5.59. The summed E-state index contributed by atoms with van der Waals surface area (Å²) in [5.74, 6) is 1.78. The third-order valence-electron chi connectivity index (χ3n) is 4.96. The molecular weight excluding hydrogens is 326 g/mol. The molecule has 1 aliphatic heterocycles. The number of nitrogens with zero attached hydrogens (tertiary/aromatic N) is 3. The molecule has 0 radical (unpaired) electrons. The highest BCUT2D eigenvalue weighted by molar-refractivity contribution is 5.41. The summed E-state index contributed by atoms with van der Waals surface area (Å²) >= 11 is 0. The minimum absolute atomic E-state index is 0.00313. The summed E-state index contributed by atoms with van der Waals surface area (Å²) in [5.41, 5.74) is 3.40. The van der Waals surface area contributed by atoms with Gasteiger partial charge in [0, 0.05) is 38.4 Å². The van der Waals surface area contributed by atoms with Crippen molar-refractivity contribution in [2.24, 2.45) is 0 Å². The first-order chi connectivity index (χ1) is 12.6. The molecule has 140 valence electrons. The van der Waals surface area contributed by atoms with Crippen LogP contribution >= 0.6 is 0 Å². The molecule has 0 amide bonds. The summed E-state index contributed by atoms with van der Waals surface area (Å²) in [6.07, 6.45) is 4.27. The van der Waals surface area contributed by atoms with Crippen LogP contribution in [-0.2, 0) is 13.2 Å². The molecule has 1 unspecified atom stereocenters. The summed E-state index contributed by atoms with van der Waals surface area (Å²) in [6.45, 7) is 4.54. The maximum atomic E-state index is 9.64. The number of likely N-dealkylation sites (tertiary alicyclic amines) is 1. The van der Waals surface area contributed by atoms with Crippen molar-refractivity contribution in [3.05, 3.63) is 53.2 Å². The normalized spacial score (nSPS) is 17.5. The third kappa shape index (κ3) is 4.17. The Morgan fingerprint density at radius 2 is 2.12 bits per heavy atom. The van der Waals surface area contributed by atoms with Gasteiger partial charge in [0.2, 0.25) is 0 Å². The molecule has 0 saturated carbocycles. The lowest BCUT2D eigenvalue weighted by atomic mass is 10.0. The fourth-order valence-corrected chi connectivity index (χ4v) is 3.66. The van der Waals surface area contributed by atoms with E-state index in [9.17, 15) is 5.11 Å². The van der Waals surface area contributed by atoms with E-state index in [1.54, 1.807) is 0 Å². The van der Waals surface area contributed by atoms with E-state index < -0.39 is 0 Å². The lowest BCUT2D eigenvalue weighted by Gasteiger charge is -2.26. The Labute approximate surface area is 156 Å². The number of anilines is 1. The van der Waals surface area contributed by atoms with Crippen molar-refractivity contribution in [3.8, 4) is 5.75 Å². The van der Waals surface area contributed by atoms with Crippen LogP contribution in [0.25, 0.3) is 0 Å². The standard InChI is InChI=1S/C21H29N3O2/c1-4-26-20-8-7-16(12-18(20)15-25)14-24-11-5-6-19(24)17-9-10-22-21(13-17)23(2)3/h7-10,12-13,19,25H,4-6,11,14-15H2,1-3H3. The molecule has 3 rings (SSSR count). The minimum atomic E-state index is 0.00313. The van der Waals surface area contributed by atoms with Crippen LogP contribution in [0.15, 0.2) is 36.5 Å². The number of ether oxygens (including phenoxy) is 1. The highest BCUT2D eigenvalue weighted by Gasteiger charge is 2.26. The fourth-order valence-electron chi connectivity index (χ4n) is 3.66. The Morgan fingerprint density at radius 1 is 1.27 bits per heavy atom. The van der Waals surface area contributed by atoms with Crippen molar-refractivity contribution in [1.82, 2.24) is 9.88 Å². The fraction of sp³-hybridized carbons (Fsp3) is 0.476. The molecule has 1 N–H and O–H groups in total. The Bertz CT molecular complexity index is 733. The largest absolute Gasteiger partial charge is 0.494 e. The van der Waals surface area contributed by atoms with Gasteiger partial charge in [-0.25, -0.2) is 4.98 Å². The Hall–Kier alpha value is -2.11. The Kier molecular flexibility index (Phi) is 6.12. The molecule has 2 aromatic rings. The lowest BCUT2D eigenvalue weighted by molar-refractivity contribution is 0.246. The highest BCUT2D eigenvalue weighted by atomic mass is 16.5. The molecule has 26 heavy (non-hydrogen) atoms. The minimum Gasteiger partial charge on any atom is -0.494 e. The number of aliphatic hydroxyl groups excluding tert-OH is 1. The number of aliphatic hydroxyl groups is 1. The van der Waals surface area contributed by atoms with Crippen molar-refractivity contribution in [2.75, 3.05) is 32.1 Å². The first kappa shape index (κ1) is 18.7. The molecule has 1 aromatic heterocycles. The van der Waals surface area contributed by atoms with Crippen LogP contribution in [0.5, 0.6) is 5.75 Å². The van der Waals surface area contributed by atoms with Crippen LogP contribution in [0.3, 0.4) is 0 Å². The second-order valence-corrected chi connectivity index (χ2v) is 7.00. The first-order valence-electron chi connectivity index (χ1n) is 9.35. The second-order valence-electron chi connectivity index (χ2n) is 7.00. The summed E-state index contributed by atoms with van der Waals surface area (Å²) in [7, 11) is 4.05. The van der Waals surface area contributed by atoms with Gasteiger partial charge in [-0.2, -0.15) is 0 Å². The van der Waals surface area contributed by atoms with E-state index in [-0.39, 0.29) is 6.61 Å². The number of hydrogen-bond donors (Lipinski definition) is 1. The van der Waals surface area contributed by atoms with Crippen LogP contribution in [0.2, 0.25) is 0 Å². The smallest absolute Gasteiger partial charge is 0.128 e. The number of pyridine rings is 1. The quantitative estimate of drug-likeness (QED) is 0.825. The number of rotatable bonds is 7. The molecule has 1 fully saturated rings. The Morgan fingerprint density at radius 3 is 2.85 bits per heavy atom. The molecule has 0 aliphatic carbocycles. The molecule has 1 aliphatic rings. The maximum absolute atomic E-state index is 9.64. The Balaban J connectivity index is 1.78. The van der Waals surface area contributed by atoms with Crippen molar-refractivity contribution >= 4 is 5.82 Å². The number of hydrogen-bond acceptors (Lipinski definition) is 5. The van der Waals surface area contributed by atoms with Gasteiger partial charge in [-0.05, 0) is 61.7 Å². The maximum Gasteiger partial charge on any atom is 0.128 e. The van der Waals surface area contributed by atoms with E-state index in [0.717, 1.165) is 30.2 Å². The van der Waals surface area contributed by atoms with Crippen molar-refractivity contribution < 1.29 is 9.84 Å². The zero-order valence-corrected chi connectivity index (χ0v) is 16.0. The molecule has 2 heterocycles. The summed E-state index contributed by atoms with van der Waals surface area (Å²) in [4.78, 5) is 9.00. The van der Waals surface area contributed by atoms with E-state index in [1.807, 2.05) is 38.2 Å². The first-order valence-corrected chi connectivity index (χ1v) is 9.35. The van der Waals surface area contributed by atoms with Gasteiger partial charge in [0.25, 0.3) is 0 Å². The second kappa shape index (κ2) is 8.52. The SMILES string of the molecule is CCOc1ccc(CN2CCCC2c2ccnc(N(C)C)c2)cc1CO. The van der Waals surface area contributed by atoms with Gasteiger partial charge >= 0.3 is 0 Å². The van der Waals surface area contributed by atoms with Crippen LogP contribution in [0.4, 0.5) is 5.82 Å². The molecule has 1 aromatic carbocycles. The molecule has 5 heteroatoms. The van der Waals surface area contributed by atoms with E-state index in [4.69, 9.17) is 4.74 Å². The molecule has 1 atom stereocenters. The summed E-state index contributed by atoms with van der Waals surface area (Å²) in [5, 5.41) is 9.64. The van der Waals surface area contributed by atoms with Crippen LogP contribution < -0.4 is 9.64 Å². The average Bonchev–Trinajstić information content (AvgIpc) is 3.11. The third-order valence-corrected chi connectivity index (χ3v) is 4.96. The van der Waals surface area contributed by atoms with Gasteiger partial charge in [0.05, 0.1) is 13.2 Å². The molecular formula is C21H29N3O2. The molecule has 5 nitrogen and oxygen atoms in total. The molecule has 0 bridgehead atoms. The van der Waals surface area contributed by atoms with Gasteiger partial charge < -0.3 is 14.7 Å². The van der Waals surface area contributed by atoms with Crippen LogP contribution in [0.1, 0.15) is 42.5 Å². The predicted molar refractivity (Wildman–Crippen MR) is 104 cm³/mol. The monoisotopic (exact) mass is 355 g/mol. The van der Waals surface area contributed by atoms with Gasteiger partial charge in [-0.1, -0.05) is 6.07 Å². The molecule has 1 saturated heterocycles. The highest BCUT2D eigenvalue weighted by Crippen LogP contribution is 2.34. The number of benzene rings is 1. The van der Waals surface area contributed by atoms with E-state index in [0.29, 0.717) is 12.6 Å². The van der Waals surface area contributed by atoms with Crippen molar-refractivity contribution in [1.29, 1.82) is 0 Å². The van der Waals surface area contributed by atoms with Crippen molar-refractivity contribution in [2.45, 2.75) is 39.0 Å². The average molecular weight is 355 g/mol. The van der Waals surface area contributed by atoms with Gasteiger partial charge in [0.1, 0.15) is 11.6 Å². The van der Waals surface area contributed by atoms with Gasteiger partial charge in [-0.3, -0.25) is 4.90 Å². The molecule has 0 spiro atoms. The summed E-state index contributed by atoms with van der Waals surface area (Å²) in [6, 6.07) is 10.9. The van der Waals surface area contributed by atoms with Crippen LogP contribution in [-0.4, -0.2) is 42.2 Å². The predicted octanol–water partition coefficient (Wildman–Crippen LogP) is 3.38. The van der Waals surface area contributed by atoms with Gasteiger partial charge in [0.15, 0.2) is 0 Å². The van der Waals surface area contributed by atoms with Crippen molar-refractivity contribution in [3.63, 3.8) is 0 Å².